The van der Waals surface area contributed by atoms with Crippen LogP contribution in [0.1, 0.15) is 31.1 Å². The third-order valence-corrected chi connectivity index (χ3v) is 7.00. The van der Waals surface area contributed by atoms with Gasteiger partial charge in [-0.2, -0.15) is 4.31 Å². The average Bonchev–Trinajstić information content (AvgIpc) is 2.99. The first kappa shape index (κ1) is 20.2. The zero-order chi connectivity index (χ0) is 21.5. The van der Waals surface area contributed by atoms with Gasteiger partial charge in [0.15, 0.2) is 0 Å². The minimum Gasteiger partial charge on any atom is -0.379 e. The maximum Gasteiger partial charge on any atom is 0.263 e. The summed E-state index contributed by atoms with van der Waals surface area (Å²) < 4.78 is 31.9. The lowest BCUT2D eigenvalue weighted by Gasteiger charge is -2.26. The fraction of sp³-hybridized carbons (Fsp3) is 0.250. The number of anilines is 1. The molecule has 0 atom stereocenters. The summed E-state index contributed by atoms with van der Waals surface area (Å²) in [5.74, 6) is -1.44. The van der Waals surface area contributed by atoms with Crippen LogP contribution in [0.4, 0.5) is 5.69 Å². The number of morpholine rings is 1. The number of carbonyl (C=O) groups excluding carboxylic acids is 3. The Morgan fingerprint density at radius 2 is 1.67 bits per heavy atom. The van der Waals surface area contributed by atoms with E-state index in [2.05, 4.69) is 5.32 Å². The zero-order valence-corrected chi connectivity index (χ0v) is 16.9. The molecular formula is C20H19N3O6S. The van der Waals surface area contributed by atoms with Crippen LogP contribution < -0.4 is 5.32 Å². The van der Waals surface area contributed by atoms with Crippen molar-refractivity contribution in [3.05, 3.63) is 59.2 Å². The maximum absolute atomic E-state index is 12.7. The Balaban J connectivity index is 1.55. The number of imide groups is 1. The average molecular weight is 429 g/mol. The van der Waals surface area contributed by atoms with Crippen molar-refractivity contribution in [2.75, 3.05) is 38.7 Å². The molecule has 0 aliphatic carbocycles. The van der Waals surface area contributed by atoms with Crippen molar-refractivity contribution in [2.24, 2.45) is 0 Å². The summed E-state index contributed by atoms with van der Waals surface area (Å²) in [6, 6.07) is 10.2. The van der Waals surface area contributed by atoms with Gasteiger partial charge in [-0.1, -0.05) is 6.07 Å². The standard InChI is InChI=1S/C20H19N3O6S/c1-22-19(25)15-3-2-4-16(17(15)20(22)26)21-18(24)13-5-7-14(8-6-13)30(27,28)23-9-11-29-12-10-23/h2-8H,9-12H2,1H3,(H,21,24). The van der Waals surface area contributed by atoms with E-state index in [-0.39, 0.29) is 40.4 Å². The van der Waals surface area contributed by atoms with Crippen LogP contribution in [-0.2, 0) is 14.8 Å². The van der Waals surface area contributed by atoms with E-state index in [1.165, 1.54) is 41.7 Å². The van der Waals surface area contributed by atoms with Crippen LogP contribution in [0.15, 0.2) is 47.4 Å². The van der Waals surface area contributed by atoms with Gasteiger partial charge in [0.25, 0.3) is 17.7 Å². The molecule has 4 rings (SSSR count). The van der Waals surface area contributed by atoms with Gasteiger partial charge in [-0.25, -0.2) is 8.42 Å². The van der Waals surface area contributed by atoms with E-state index in [1.54, 1.807) is 12.1 Å². The van der Waals surface area contributed by atoms with Crippen LogP contribution in [0.3, 0.4) is 0 Å². The van der Waals surface area contributed by atoms with Gasteiger partial charge in [0.2, 0.25) is 10.0 Å². The van der Waals surface area contributed by atoms with E-state index in [0.717, 1.165) is 4.90 Å². The molecule has 30 heavy (non-hydrogen) atoms. The summed E-state index contributed by atoms with van der Waals surface area (Å²) in [5, 5.41) is 2.64. The lowest BCUT2D eigenvalue weighted by molar-refractivity contribution is 0.0693. The third kappa shape index (κ3) is 3.38. The molecule has 0 unspecified atom stereocenters. The van der Waals surface area contributed by atoms with Crippen molar-refractivity contribution in [1.29, 1.82) is 0 Å². The highest BCUT2D eigenvalue weighted by molar-refractivity contribution is 7.89. The summed E-state index contributed by atoms with van der Waals surface area (Å²) in [7, 11) is -2.28. The first-order valence-electron chi connectivity index (χ1n) is 9.25. The molecule has 156 valence electrons. The molecule has 1 fully saturated rings. The highest BCUT2D eigenvalue weighted by atomic mass is 32.2. The predicted octanol–water partition coefficient (Wildman–Crippen LogP) is 1.19. The Bertz CT molecular complexity index is 1140. The topological polar surface area (TPSA) is 113 Å². The second-order valence-corrected chi connectivity index (χ2v) is 8.83. The number of amides is 3. The Morgan fingerprint density at radius 3 is 2.33 bits per heavy atom. The van der Waals surface area contributed by atoms with Gasteiger partial charge < -0.3 is 10.1 Å². The molecule has 3 amide bonds. The van der Waals surface area contributed by atoms with E-state index < -0.39 is 27.7 Å². The van der Waals surface area contributed by atoms with Crippen molar-refractivity contribution in [3.63, 3.8) is 0 Å². The van der Waals surface area contributed by atoms with Gasteiger partial charge in [-0.05, 0) is 36.4 Å². The van der Waals surface area contributed by atoms with E-state index >= 15 is 0 Å². The summed E-state index contributed by atoms with van der Waals surface area (Å²) >= 11 is 0. The molecule has 2 heterocycles. The molecule has 0 aromatic heterocycles. The summed E-state index contributed by atoms with van der Waals surface area (Å²) in [5.41, 5.74) is 0.820. The number of ether oxygens (including phenoxy) is 1. The maximum atomic E-state index is 12.7. The molecule has 0 saturated carbocycles. The van der Waals surface area contributed by atoms with Gasteiger partial charge in [0.1, 0.15) is 0 Å². The normalized spacial score (nSPS) is 17.2. The molecule has 1 N–H and O–H groups in total. The van der Waals surface area contributed by atoms with Crippen molar-refractivity contribution in [2.45, 2.75) is 4.90 Å². The molecule has 2 aliphatic heterocycles. The number of carbonyl (C=O) groups is 3. The number of sulfonamides is 1. The number of hydrogen-bond donors (Lipinski definition) is 1. The Labute approximate surface area is 173 Å². The Morgan fingerprint density at radius 1 is 1.00 bits per heavy atom. The van der Waals surface area contributed by atoms with Crippen LogP contribution in [0.2, 0.25) is 0 Å². The second-order valence-electron chi connectivity index (χ2n) is 6.89. The van der Waals surface area contributed by atoms with E-state index in [9.17, 15) is 22.8 Å². The van der Waals surface area contributed by atoms with Crippen LogP contribution >= 0.6 is 0 Å². The molecule has 0 bridgehead atoms. The van der Waals surface area contributed by atoms with Crippen molar-refractivity contribution in [1.82, 2.24) is 9.21 Å². The molecule has 0 spiro atoms. The molecule has 2 aromatic carbocycles. The van der Waals surface area contributed by atoms with Gasteiger partial charge in [-0.15, -0.1) is 0 Å². The lowest BCUT2D eigenvalue weighted by Crippen LogP contribution is -2.40. The predicted molar refractivity (Wildman–Crippen MR) is 107 cm³/mol. The second kappa shape index (κ2) is 7.63. The number of fused-ring (bicyclic) bond motifs is 1. The molecule has 1 saturated heterocycles. The molecule has 2 aliphatic rings. The molecule has 9 nitrogen and oxygen atoms in total. The minimum atomic E-state index is -3.66. The number of nitrogens with one attached hydrogen (secondary N) is 1. The van der Waals surface area contributed by atoms with Crippen molar-refractivity contribution < 1.29 is 27.5 Å². The number of nitrogens with zero attached hydrogens (tertiary/aromatic N) is 2. The van der Waals surface area contributed by atoms with Gasteiger partial charge >= 0.3 is 0 Å². The highest BCUT2D eigenvalue weighted by Gasteiger charge is 2.35. The number of hydrogen-bond acceptors (Lipinski definition) is 6. The quantitative estimate of drug-likeness (QED) is 0.731. The summed E-state index contributed by atoms with van der Waals surface area (Å²) in [4.78, 5) is 38.2. The molecule has 0 radical (unpaired) electrons. The van der Waals surface area contributed by atoms with Crippen LogP contribution in [0, 0.1) is 0 Å². The number of rotatable bonds is 4. The van der Waals surface area contributed by atoms with Gasteiger partial charge in [-0.3, -0.25) is 19.3 Å². The summed E-state index contributed by atoms with van der Waals surface area (Å²) in [6.45, 7) is 1.25. The third-order valence-electron chi connectivity index (χ3n) is 5.09. The lowest BCUT2D eigenvalue weighted by atomic mass is 10.1. The highest BCUT2D eigenvalue weighted by Crippen LogP contribution is 2.29. The molecular weight excluding hydrogens is 410 g/mol. The van der Waals surface area contributed by atoms with Gasteiger partial charge in [0, 0.05) is 25.7 Å². The smallest absolute Gasteiger partial charge is 0.263 e. The zero-order valence-electron chi connectivity index (χ0n) is 16.1. The molecule has 10 heteroatoms. The first-order chi connectivity index (χ1) is 14.3. The monoisotopic (exact) mass is 429 g/mol. The van der Waals surface area contributed by atoms with E-state index in [1.807, 2.05) is 0 Å². The van der Waals surface area contributed by atoms with Crippen LogP contribution in [0.5, 0.6) is 0 Å². The van der Waals surface area contributed by atoms with E-state index in [0.29, 0.717) is 13.2 Å². The van der Waals surface area contributed by atoms with Crippen LogP contribution in [-0.4, -0.2) is 68.7 Å². The van der Waals surface area contributed by atoms with Gasteiger partial charge in [0.05, 0.1) is 34.9 Å². The van der Waals surface area contributed by atoms with Crippen molar-refractivity contribution in [3.8, 4) is 0 Å². The number of benzene rings is 2. The minimum absolute atomic E-state index is 0.0870. The molecule has 2 aromatic rings. The Kier molecular flexibility index (Phi) is 5.14. The summed E-state index contributed by atoms with van der Waals surface area (Å²) in [6.07, 6.45) is 0. The van der Waals surface area contributed by atoms with Crippen molar-refractivity contribution >= 4 is 33.4 Å². The first-order valence-corrected chi connectivity index (χ1v) is 10.7. The van der Waals surface area contributed by atoms with Crippen LogP contribution in [0.25, 0.3) is 0 Å². The fourth-order valence-corrected chi connectivity index (χ4v) is 4.82. The van der Waals surface area contributed by atoms with E-state index in [4.69, 9.17) is 4.74 Å². The Hall–Kier alpha value is -3.08. The largest absolute Gasteiger partial charge is 0.379 e. The SMILES string of the molecule is CN1C(=O)c2cccc(NC(=O)c3ccc(S(=O)(=O)N4CCOCC4)cc3)c2C1=O. The fourth-order valence-electron chi connectivity index (χ4n) is 3.41.